The van der Waals surface area contributed by atoms with Crippen molar-refractivity contribution in [1.29, 1.82) is 0 Å². The van der Waals surface area contributed by atoms with Crippen molar-refractivity contribution in [3.8, 4) is 0 Å². The minimum absolute atomic E-state index is 0.00474. The zero-order chi connectivity index (χ0) is 16.7. The van der Waals surface area contributed by atoms with Crippen molar-refractivity contribution in [3.63, 3.8) is 0 Å². The zero-order valence-corrected chi connectivity index (χ0v) is 13.3. The summed E-state index contributed by atoms with van der Waals surface area (Å²) in [6.07, 6.45) is 3.69. The highest BCUT2D eigenvalue weighted by Crippen LogP contribution is 2.42. The number of nitrogens with one attached hydrogen (secondary N) is 1. The zero-order valence-electron chi connectivity index (χ0n) is 13.3. The number of hydrogen-bond donors (Lipinski definition) is 3. The molecule has 2 saturated carbocycles. The summed E-state index contributed by atoms with van der Waals surface area (Å²) in [6.45, 7) is 1.27. The van der Waals surface area contributed by atoms with Gasteiger partial charge in [0.05, 0.1) is 6.10 Å². The van der Waals surface area contributed by atoms with Gasteiger partial charge in [-0.05, 0) is 38.5 Å². The minimum atomic E-state index is -3.75. The van der Waals surface area contributed by atoms with Gasteiger partial charge in [0.25, 0.3) is 5.91 Å². The van der Waals surface area contributed by atoms with E-state index in [-0.39, 0.29) is 31.0 Å². The Bertz CT molecular complexity index is 455. The largest absolute Gasteiger partial charge is 0.392 e. The Kier molecular flexibility index (Phi) is 4.64. The molecule has 3 fully saturated rings. The van der Waals surface area contributed by atoms with Crippen molar-refractivity contribution in [2.75, 3.05) is 13.1 Å². The Morgan fingerprint density at radius 3 is 2.48 bits per heavy atom. The lowest BCUT2D eigenvalue weighted by Crippen LogP contribution is -2.59. The summed E-state index contributed by atoms with van der Waals surface area (Å²) in [5.74, 6) is -5.10. The predicted octanol–water partition coefficient (Wildman–Crippen LogP) is 1.03. The molecule has 1 saturated heterocycles. The Morgan fingerprint density at radius 2 is 1.87 bits per heavy atom. The van der Waals surface area contributed by atoms with E-state index in [9.17, 15) is 23.8 Å². The smallest absolute Gasteiger partial charge is 0.352 e. The van der Waals surface area contributed by atoms with E-state index in [0.29, 0.717) is 32.2 Å². The summed E-state index contributed by atoms with van der Waals surface area (Å²) in [4.78, 5) is 14.2. The highest BCUT2D eigenvalue weighted by atomic mass is 19.3. The Balaban J connectivity index is 1.64. The minimum Gasteiger partial charge on any atom is -0.392 e. The fourth-order valence-corrected chi connectivity index (χ4v) is 4.36. The fourth-order valence-electron chi connectivity index (χ4n) is 4.36. The molecule has 2 aliphatic carbocycles. The van der Waals surface area contributed by atoms with Crippen LogP contribution in [-0.2, 0) is 4.79 Å². The third-order valence-corrected chi connectivity index (χ3v) is 5.76. The molecule has 1 amide bonds. The van der Waals surface area contributed by atoms with Crippen LogP contribution in [0.1, 0.15) is 51.4 Å². The van der Waals surface area contributed by atoms with Crippen LogP contribution in [0.25, 0.3) is 0 Å². The molecule has 0 aromatic rings. The average Bonchev–Trinajstić information content (AvgIpc) is 3.20. The lowest BCUT2D eigenvalue weighted by atomic mass is 9.92. The van der Waals surface area contributed by atoms with Crippen LogP contribution in [0.15, 0.2) is 0 Å². The number of amides is 1. The molecule has 0 aromatic carbocycles. The first-order valence-electron chi connectivity index (χ1n) is 8.67. The number of aliphatic hydroxyl groups excluding tert-OH is 1. The molecule has 7 heteroatoms. The standard InChI is InChI=1S/C16H26F2N2O3/c17-16(18,15(23)7-1-2-8-15)14(22)19-12-4-3-5-13(12)20-9-6-11(21)10-20/h11-13,21,23H,1-10H2,(H,19,22)/t11?,12-,13+/m1/s1. The molecule has 1 heterocycles. The molecule has 1 aliphatic heterocycles. The van der Waals surface area contributed by atoms with E-state index in [1.54, 1.807) is 0 Å². The molecular weight excluding hydrogens is 306 g/mol. The van der Waals surface area contributed by atoms with Gasteiger partial charge in [0, 0.05) is 25.2 Å². The molecule has 0 radical (unpaired) electrons. The summed E-state index contributed by atoms with van der Waals surface area (Å²) in [7, 11) is 0. The van der Waals surface area contributed by atoms with E-state index >= 15 is 0 Å². The van der Waals surface area contributed by atoms with Crippen LogP contribution in [0, 0.1) is 0 Å². The van der Waals surface area contributed by atoms with Crippen LogP contribution >= 0.6 is 0 Å². The molecule has 3 N–H and O–H groups in total. The van der Waals surface area contributed by atoms with Crippen molar-refractivity contribution in [1.82, 2.24) is 10.2 Å². The summed E-state index contributed by atoms with van der Waals surface area (Å²) < 4.78 is 28.8. The lowest BCUT2D eigenvalue weighted by molar-refractivity contribution is -0.191. The Labute approximate surface area is 135 Å². The maximum Gasteiger partial charge on any atom is 0.352 e. The first-order chi connectivity index (χ1) is 10.8. The van der Waals surface area contributed by atoms with E-state index in [1.807, 2.05) is 0 Å². The molecule has 0 spiro atoms. The molecular formula is C16H26F2N2O3. The molecule has 0 bridgehead atoms. The van der Waals surface area contributed by atoms with Crippen LogP contribution in [0.2, 0.25) is 0 Å². The summed E-state index contributed by atoms with van der Waals surface area (Å²) in [6, 6.07) is -0.325. The first kappa shape index (κ1) is 17.0. The fraction of sp³-hybridized carbons (Fsp3) is 0.938. The lowest BCUT2D eigenvalue weighted by Gasteiger charge is -2.34. The van der Waals surface area contributed by atoms with Gasteiger partial charge in [-0.15, -0.1) is 0 Å². The van der Waals surface area contributed by atoms with Gasteiger partial charge in [-0.25, -0.2) is 0 Å². The maximum atomic E-state index is 14.4. The number of alkyl halides is 2. The van der Waals surface area contributed by atoms with Crippen LogP contribution in [0.5, 0.6) is 0 Å². The van der Waals surface area contributed by atoms with Gasteiger partial charge in [0.2, 0.25) is 0 Å². The van der Waals surface area contributed by atoms with Gasteiger partial charge in [0.15, 0.2) is 0 Å². The number of carbonyl (C=O) groups is 1. The highest BCUT2D eigenvalue weighted by Gasteiger charge is 2.59. The average molecular weight is 332 g/mol. The number of nitrogens with zero attached hydrogens (tertiary/aromatic N) is 1. The second kappa shape index (κ2) is 6.26. The monoisotopic (exact) mass is 332 g/mol. The van der Waals surface area contributed by atoms with Crippen molar-refractivity contribution in [2.45, 2.75) is 81.1 Å². The molecule has 3 rings (SSSR count). The van der Waals surface area contributed by atoms with Gasteiger partial charge in [-0.1, -0.05) is 12.8 Å². The van der Waals surface area contributed by atoms with Crippen LogP contribution in [0.4, 0.5) is 8.78 Å². The molecule has 3 aliphatic rings. The van der Waals surface area contributed by atoms with Gasteiger partial charge < -0.3 is 15.5 Å². The van der Waals surface area contributed by atoms with Gasteiger partial charge >= 0.3 is 5.92 Å². The third-order valence-electron chi connectivity index (χ3n) is 5.76. The Morgan fingerprint density at radius 1 is 1.17 bits per heavy atom. The second-order valence-corrected chi connectivity index (χ2v) is 7.33. The molecule has 132 valence electrons. The number of β-amino-alcohol motifs (C(OH)–C–C–N with tert-alkyl or cyclic N) is 1. The Hall–Kier alpha value is -0.790. The maximum absolute atomic E-state index is 14.4. The van der Waals surface area contributed by atoms with Gasteiger partial charge in [-0.2, -0.15) is 8.78 Å². The van der Waals surface area contributed by atoms with Crippen molar-refractivity contribution in [2.24, 2.45) is 0 Å². The van der Waals surface area contributed by atoms with Crippen LogP contribution < -0.4 is 5.32 Å². The first-order valence-corrected chi connectivity index (χ1v) is 8.67. The topological polar surface area (TPSA) is 72.8 Å². The SMILES string of the molecule is O=C(N[C@@H]1CCC[C@@H]1N1CCC(O)C1)C(F)(F)C1(O)CCCC1. The van der Waals surface area contributed by atoms with E-state index in [4.69, 9.17) is 0 Å². The van der Waals surface area contributed by atoms with Gasteiger partial charge in [0.1, 0.15) is 5.60 Å². The van der Waals surface area contributed by atoms with Crippen LogP contribution in [0.3, 0.4) is 0 Å². The number of halogens is 2. The quantitative estimate of drug-likeness (QED) is 0.719. The summed E-state index contributed by atoms with van der Waals surface area (Å²) in [5, 5.41) is 22.3. The number of likely N-dealkylation sites (tertiary alicyclic amines) is 1. The van der Waals surface area contributed by atoms with E-state index < -0.39 is 17.4 Å². The highest BCUT2D eigenvalue weighted by molar-refractivity contribution is 5.85. The normalized spacial score (nSPS) is 34.9. The molecule has 1 unspecified atom stereocenters. The number of hydrogen-bond acceptors (Lipinski definition) is 4. The number of rotatable bonds is 4. The summed E-state index contributed by atoms with van der Waals surface area (Å²) in [5.41, 5.74) is -2.20. The number of carbonyl (C=O) groups excluding carboxylic acids is 1. The van der Waals surface area contributed by atoms with Gasteiger partial charge in [-0.3, -0.25) is 9.69 Å². The van der Waals surface area contributed by atoms with Crippen molar-refractivity contribution in [3.05, 3.63) is 0 Å². The molecule has 0 aromatic heterocycles. The van der Waals surface area contributed by atoms with E-state index in [2.05, 4.69) is 10.2 Å². The molecule has 23 heavy (non-hydrogen) atoms. The summed E-state index contributed by atoms with van der Waals surface area (Å²) >= 11 is 0. The van der Waals surface area contributed by atoms with Crippen molar-refractivity contribution < 1.29 is 23.8 Å². The van der Waals surface area contributed by atoms with Crippen LogP contribution in [-0.4, -0.2) is 63.8 Å². The second-order valence-electron chi connectivity index (χ2n) is 7.33. The number of aliphatic hydroxyl groups is 2. The third kappa shape index (κ3) is 3.10. The molecule has 3 atom stereocenters. The van der Waals surface area contributed by atoms with E-state index in [0.717, 1.165) is 19.4 Å². The van der Waals surface area contributed by atoms with E-state index in [1.165, 1.54) is 0 Å². The predicted molar refractivity (Wildman–Crippen MR) is 80.1 cm³/mol. The molecule has 5 nitrogen and oxygen atoms in total. The van der Waals surface area contributed by atoms with Crippen molar-refractivity contribution >= 4 is 5.91 Å².